The third-order valence-corrected chi connectivity index (χ3v) is 4.37. The predicted molar refractivity (Wildman–Crippen MR) is 70.7 cm³/mol. The molecule has 3 atom stereocenters. The second-order valence-electron chi connectivity index (χ2n) is 5.57. The lowest BCUT2D eigenvalue weighted by Crippen LogP contribution is -2.52. The largest absolute Gasteiger partial charge is 0.373 e. The van der Waals surface area contributed by atoms with Gasteiger partial charge in [0.2, 0.25) is 0 Å². The van der Waals surface area contributed by atoms with Gasteiger partial charge in [0.15, 0.2) is 17.5 Å². The topological polar surface area (TPSA) is 50.5 Å². The molecule has 1 aromatic carbocycles. The zero-order valence-corrected chi connectivity index (χ0v) is 11.5. The van der Waals surface area contributed by atoms with Crippen LogP contribution in [0.4, 0.5) is 13.2 Å². The molecule has 0 amide bonds. The highest BCUT2D eigenvalue weighted by atomic mass is 19.2. The number of nitrogens with zero attached hydrogens (tertiary/aromatic N) is 1. The minimum absolute atomic E-state index is 0.0148. The number of nitrogens with one attached hydrogen (secondary N) is 1. The number of fused-ring (bicyclic) bond motifs is 1. The van der Waals surface area contributed by atoms with Gasteiger partial charge in [0.25, 0.3) is 0 Å². The Morgan fingerprint density at radius 3 is 2.86 bits per heavy atom. The number of halogens is 3. The monoisotopic (exact) mass is 301 g/mol. The molecule has 116 valence electrons. The average Bonchev–Trinajstić information content (AvgIpc) is 2.95. The summed E-state index contributed by atoms with van der Waals surface area (Å²) in [7, 11) is 0. The number of hydrazine groups is 1. The normalized spacial score (nSPS) is 27.6. The number of ether oxygens (including phenoxy) is 1. The van der Waals surface area contributed by atoms with Crippen LogP contribution >= 0.6 is 0 Å². The summed E-state index contributed by atoms with van der Waals surface area (Å²) in [4.78, 5) is 2.27. The van der Waals surface area contributed by atoms with Gasteiger partial charge in [-0.3, -0.25) is 16.2 Å². The Balaban J connectivity index is 1.83. The Hall–Kier alpha value is -1.15. The molecule has 3 N–H and O–H groups in total. The van der Waals surface area contributed by atoms with Crippen LogP contribution in [0.2, 0.25) is 0 Å². The smallest absolute Gasteiger partial charge is 0.194 e. The summed E-state index contributed by atoms with van der Waals surface area (Å²) in [6, 6.07) is 1.79. The first-order chi connectivity index (χ1) is 10.1. The van der Waals surface area contributed by atoms with Crippen LogP contribution in [0.3, 0.4) is 0 Å². The summed E-state index contributed by atoms with van der Waals surface area (Å²) in [5.41, 5.74) is 2.46. The van der Waals surface area contributed by atoms with Gasteiger partial charge in [0.1, 0.15) is 0 Å². The molecule has 4 nitrogen and oxygen atoms in total. The van der Waals surface area contributed by atoms with Crippen molar-refractivity contribution in [3.8, 4) is 0 Å². The lowest BCUT2D eigenvalue weighted by molar-refractivity contribution is -0.0658. The third kappa shape index (κ3) is 2.66. The first kappa shape index (κ1) is 14.8. The van der Waals surface area contributed by atoms with Gasteiger partial charge in [0, 0.05) is 18.2 Å². The average molecular weight is 301 g/mol. The number of morpholine rings is 1. The Labute approximate surface area is 121 Å². The molecule has 1 aromatic rings. The van der Waals surface area contributed by atoms with Crippen LogP contribution in [0.1, 0.15) is 24.4 Å². The van der Waals surface area contributed by atoms with E-state index in [1.807, 2.05) is 0 Å². The Morgan fingerprint density at radius 1 is 1.29 bits per heavy atom. The summed E-state index contributed by atoms with van der Waals surface area (Å²) in [5, 5.41) is 0. The van der Waals surface area contributed by atoms with Crippen molar-refractivity contribution in [3.63, 3.8) is 0 Å². The van der Waals surface area contributed by atoms with Gasteiger partial charge >= 0.3 is 0 Å². The van der Waals surface area contributed by atoms with Gasteiger partial charge in [0.05, 0.1) is 18.8 Å². The first-order valence-corrected chi connectivity index (χ1v) is 7.07. The van der Waals surface area contributed by atoms with Crippen molar-refractivity contribution in [3.05, 3.63) is 35.1 Å². The molecular weight excluding hydrogens is 283 g/mol. The van der Waals surface area contributed by atoms with E-state index in [1.54, 1.807) is 0 Å². The molecule has 2 fully saturated rings. The van der Waals surface area contributed by atoms with E-state index in [0.29, 0.717) is 19.2 Å². The molecule has 21 heavy (non-hydrogen) atoms. The fourth-order valence-corrected chi connectivity index (χ4v) is 3.22. The standard InChI is InChI=1S/C14H18F3N3O/c15-10-4-3-9(12(16)13(10)17)14(19-18)11-6-20-5-1-2-8(20)7-21-11/h3-4,8,11,14,19H,1-2,5-7,18H2. The summed E-state index contributed by atoms with van der Waals surface area (Å²) in [6.07, 6.45) is 1.80. The molecule has 0 aromatic heterocycles. The molecule has 0 saturated carbocycles. The van der Waals surface area contributed by atoms with Gasteiger partial charge in [-0.1, -0.05) is 6.07 Å². The van der Waals surface area contributed by atoms with E-state index in [-0.39, 0.29) is 5.56 Å². The van der Waals surface area contributed by atoms with Crippen LogP contribution < -0.4 is 11.3 Å². The van der Waals surface area contributed by atoms with E-state index in [9.17, 15) is 13.2 Å². The van der Waals surface area contributed by atoms with E-state index in [4.69, 9.17) is 10.6 Å². The molecule has 0 aliphatic carbocycles. The number of nitrogens with two attached hydrogens (primary N) is 1. The quantitative estimate of drug-likeness (QED) is 0.504. The van der Waals surface area contributed by atoms with Crippen molar-refractivity contribution in [2.75, 3.05) is 19.7 Å². The molecule has 2 heterocycles. The Morgan fingerprint density at radius 2 is 2.10 bits per heavy atom. The number of rotatable bonds is 3. The van der Waals surface area contributed by atoms with Crippen LogP contribution in [0.15, 0.2) is 12.1 Å². The van der Waals surface area contributed by atoms with Gasteiger partial charge in [-0.15, -0.1) is 0 Å². The molecule has 2 aliphatic rings. The maximum absolute atomic E-state index is 13.9. The van der Waals surface area contributed by atoms with Crippen molar-refractivity contribution in [2.45, 2.75) is 31.0 Å². The SMILES string of the molecule is NNC(c1ccc(F)c(F)c1F)C1CN2CCCC2CO1. The van der Waals surface area contributed by atoms with Crippen LogP contribution in [0, 0.1) is 17.5 Å². The van der Waals surface area contributed by atoms with E-state index in [0.717, 1.165) is 25.5 Å². The molecule has 2 saturated heterocycles. The minimum Gasteiger partial charge on any atom is -0.373 e. The lowest BCUT2D eigenvalue weighted by Gasteiger charge is -2.38. The summed E-state index contributed by atoms with van der Waals surface area (Å²) in [5.74, 6) is 1.59. The second-order valence-corrected chi connectivity index (χ2v) is 5.57. The van der Waals surface area contributed by atoms with Crippen molar-refractivity contribution in [1.82, 2.24) is 10.3 Å². The minimum atomic E-state index is -1.48. The number of benzene rings is 1. The van der Waals surface area contributed by atoms with Gasteiger partial charge in [-0.25, -0.2) is 13.2 Å². The zero-order chi connectivity index (χ0) is 15.0. The predicted octanol–water partition coefficient (Wildman–Crippen LogP) is 1.47. The first-order valence-electron chi connectivity index (χ1n) is 7.07. The summed E-state index contributed by atoms with van der Waals surface area (Å²) >= 11 is 0. The molecule has 2 aliphatic heterocycles. The molecule has 3 unspecified atom stereocenters. The molecule has 7 heteroatoms. The highest BCUT2D eigenvalue weighted by Crippen LogP contribution is 2.30. The van der Waals surface area contributed by atoms with Gasteiger partial charge < -0.3 is 4.74 Å². The van der Waals surface area contributed by atoms with E-state index in [1.165, 1.54) is 6.07 Å². The van der Waals surface area contributed by atoms with Crippen LogP contribution in [0.5, 0.6) is 0 Å². The van der Waals surface area contributed by atoms with Crippen LogP contribution in [-0.2, 0) is 4.74 Å². The van der Waals surface area contributed by atoms with Gasteiger partial charge in [-0.05, 0) is 25.5 Å². The summed E-state index contributed by atoms with van der Waals surface area (Å²) < 4.78 is 46.1. The Kier molecular flexibility index (Phi) is 4.17. The molecule has 0 radical (unpaired) electrons. The molecule has 3 rings (SSSR count). The maximum Gasteiger partial charge on any atom is 0.194 e. The van der Waals surface area contributed by atoms with Crippen molar-refractivity contribution < 1.29 is 17.9 Å². The van der Waals surface area contributed by atoms with Crippen LogP contribution in [0.25, 0.3) is 0 Å². The zero-order valence-electron chi connectivity index (χ0n) is 11.5. The summed E-state index contributed by atoms with van der Waals surface area (Å²) in [6.45, 7) is 2.12. The van der Waals surface area contributed by atoms with Crippen molar-refractivity contribution in [1.29, 1.82) is 0 Å². The Bertz CT molecular complexity index is 528. The molecule has 0 bridgehead atoms. The van der Waals surface area contributed by atoms with Crippen molar-refractivity contribution in [2.24, 2.45) is 5.84 Å². The fraction of sp³-hybridized carbons (Fsp3) is 0.571. The van der Waals surface area contributed by atoms with E-state index in [2.05, 4.69) is 10.3 Å². The number of hydrogen-bond donors (Lipinski definition) is 2. The third-order valence-electron chi connectivity index (χ3n) is 4.37. The molecule has 0 spiro atoms. The highest BCUT2D eigenvalue weighted by molar-refractivity contribution is 5.25. The van der Waals surface area contributed by atoms with E-state index >= 15 is 0 Å². The van der Waals surface area contributed by atoms with Crippen molar-refractivity contribution >= 4 is 0 Å². The number of hydrogen-bond acceptors (Lipinski definition) is 4. The van der Waals surface area contributed by atoms with Gasteiger partial charge in [-0.2, -0.15) is 0 Å². The second kappa shape index (κ2) is 5.92. The maximum atomic E-state index is 13.9. The highest BCUT2D eigenvalue weighted by Gasteiger charge is 2.37. The van der Waals surface area contributed by atoms with E-state index < -0.39 is 29.6 Å². The molecular formula is C14H18F3N3O. The lowest BCUT2D eigenvalue weighted by atomic mass is 9.99. The van der Waals surface area contributed by atoms with Crippen LogP contribution in [-0.4, -0.2) is 36.7 Å². The fourth-order valence-electron chi connectivity index (χ4n) is 3.22.